The highest BCUT2D eigenvalue weighted by Crippen LogP contribution is 2.28. The highest BCUT2D eigenvalue weighted by molar-refractivity contribution is 5.66. The molecule has 156 valence electrons. The van der Waals surface area contributed by atoms with Crippen molar-refractivity contribution in [1.29, 1.82) is 0 Å². The summed E-state index contributed by atoms with van der Waals surface area (Å²) in [5, 5.41) is 20.1. The lowest BCUT2D eigenvalue weighted by Crippen LogP contribution is -2.61. The molecule has 1 heterocycles. The van der Waals surface area contributed by atoms with Crippen LogP contribution in [0.3, 0.4) is 0 Å². The molecule has 5 atom stereocenters. The molecule has 0 unspecified atom stereocenters. The van der Waals surface area contributed by atoms with Gasteiger partial charge in [0.25, 0.3) is 0 Å². The van der Waals surface area contributed by atoms with Gasteiger partial charge in [0.15, 0.2) is 12.4 Å². The molecule has 0 spiro atoms. The van der Waals surface area contributed by atoms with Gasteiger partial charge in [-0.3, -0.25) is 4.79 Å². The second kappa shape index (κ2) is 10.5. The van der Waals surface area contributed by atoms with Gasteiger partial charge in [-0.2, -0.15) is 0 Å². The topological polar surface area (TPSA) is 94.5 Å². The molecule has 1 aliphatic rings. The largest absolute Gasteiger partial charge is 0.454 e. The number of carbonyl (C=O) groups is 1. The smallest absolute Gasteiger partial charge is 0.303 e. The highest BCUT2D eigenvalue weighted by Gasteiger charge is 2.48. The van der Waals surface area contributed by atoms with E-state index in [1.807, 2.05) is 60.7 Å². The van der Waals surface area contributed by atoms with E-state index in [-0.39, 0.29) is 19.8 Å². The first-order valence-corrected chi connectivity index (χ1v) is 9.51. The Balaban J connectivity index is 1.80. The van der Waals surface area contributed by atoms with Gasteiger partial charge in [0.05, 0.1) is 19.8 Å². The predicted octanol–water partition coefficient (Wildman–Crippen LogP) is 1.80. The van der Waals surface area contributed by atoms with Crippen molar-refractivity contribution < 1.29 is 34.0 Å². The molecule has 7 heteroatoms. The number of rotatable bonds is 8. The van der Waals surface area contributed by atoms with Crippen LogP contribution in [0.1, 0.15) is 18.1 Å². The van der Waals surface area contributed by atoms with Crippen molar-refractivity contribution in [2.45, 2.75) is 50.8 Å². The molecule has 1 fully saturated rings. The second-order valence-corrected chi connectivity index (χ2v) is 6.84. The molecule has 2 N–H and O–H groups in total. The van der Waals surface area contributed by atoms with Crippen LogP contribution in [-0.4, -0.2) is 53.5 Å². The third-order valence-electron chi connectivity index (χ3n) is 4.66. The first-order chi connectivity index (χ1) is 14.1. The van der Waals surface area contributed by atoms with Crippen molar-refractivity contribution >= 4 is 5.97 Å². The molecule has 0 aromatic heterocycles. The maximum absolute atomic E-state index is 11.6. The fraction of sp³-hybridized carbons (Fsp3) is 0.409. The lowest BCUT2D eigenvalue weighted by molar-refractivity contribution is -0.307. The Morgan fingerprint density at radius 2 is 1.41 bits per heavy atom. The van der Waals surface area contributed by atoms with Crippen molar-refractivity contribution in [3.63, 3.8) is 0 Å². The zero-order valence-electron chi connectivity index (χ0n) is 16.2. The van der Waals surface area contributed by atoms with Crippen LogP contribution in [0.5, 0.6) is 0 Å². The highest BCUT2D eigenvalue weighted by atomic mass is 16.7. The first kappa shape index (κ1) is 21.4. The summed E-state index contributed by atoms with van der Waals surface area (Å²) in [6.07, 6.45) is -4.94. The molecule has 7 nitrogen and oxygen atoms in total. The van der Waals surface area contributed by atoms with E-state index in [1.165, 1.54) is 6.92 Å². The van der Waals surface area contributed by atoms with E-state index < -0.39 is 36.7 Å². The zero-order valence-corrected chi connectivity index (χ0v) is 16.2. The molecule has 0 amide bonds. The Morgan fingerprint density at radius 3 is 1.90 bits per heavy atom. The molecule has 29 heavy (non-hydrogen) atoms. The first-order valence-electron chi connectivity index (χ1n) is 9.51. The van der Waals surface area contributed by atoms with Crippen LogP contribution in [0.15, 0.2) is 60.7 Å². The standard InChI is InChI=1S/C22H26O7/c1-15(24)28-21-20(27-14-17-10-6-3-7-11-17)19(18(12-23)29-22(21)25)26-13-16-8-4-2-5-9-16/h2-11,18-23,25H,12-14H2,1H3/t18-,19-,20+,21-,22+/m1/s1. The van der Waals surface area contributed by atoms with Crippen LogP contribution >= 0.6 is 0 Å². The van der Waals surface area contributed by atoms with Gasteiger partial charge in [-0.25, -0.2) is 0 Å². The van der Waals surface area contributed by atoms with Crippen LogP contribution in [0, 0.1) is 0 Å². The molecular formula is C22H26O7. The summed E-state index contributed by atoms with van der Waals surface area (Å²) in [5.41, 5.74) is 1.85. The molecule has 1 aliphatic heterocycles. The summed E-state index contributed by atoms with van der Waals surface area (Å²) in [7, 11) is 0. The quantitative estimate of drug-likeness (QED) is 0.650. The third-order valence-corrected chi connectivity index (χ3v) is 4.66. The van der Waals surface area contributed by atoms with E-state index in [4.69, 9.17) is 18.9 Å². The molecule has 0 aliphatic carbocycles. The van der Waals surface area contributed by atoms with E-state index >= 15 is 0 Å². The average Bonchev–Trinajstić information content (AvgIpc) is 2.74. The Bertz CT molecular complexity index is 752. The minimum absolute atomic E-state index is 0.222. The molecule has 0 saturated carbocycles. The fourth-order valence-electron chi connectivity index (χ4n) is 3.28. The summed E-state index contributed by atoms with van der Waals surface area (Å²) < 4.78 is 22.8. The number of aliphatic hydroxyl groups is 2. The lowest BCUT2D eigenvalue weighted by Gasteiger charge is -2.43. The van der Waals surface area contributed by atoms with Crippen molar-refractivity contribution in [3.8, 4) is 0 Å². The summed E-state index contributed by atoms with van der Waals surface area (Å²) in [4.78, 5) is 11.6. The number of ether oxygens (including phenoxy) is 4. The Kier molecular flexibility index (Phi) is 7.74. The van der Waals surface area contributed by atoms with Gasteiger partial charge in [-0.05, 0) is 11.1 Å². The van der Waals surface area contributed by atoms with Gasteiger partial charge in [0, 0.05) is 6.92 Å². The third kappa shape index (κ3) is 5.85. The molecule has 2 aromatic rings. The Morgan fingerprint density at radius 1 is 0.897 bits per heavy atom. The van der Waals surface area contributed by atoms with Crippen molar-refractivity contribution in [2.24, 2.45) is 0 Å². The summed E-state index contributed by atoms with van der Waals surface area (Å²) in [6, 6.07) is 19.0. The second-order valence-electron chi connectivity index (χ2n) is 6.84. The van der Waals surface area contributed by atoms with E-state index in [0.717, 1.165) is 11.1 Å². The number of esters is 1. The number of hydrogen-bond acceptors (Lipinski definition) is 7. The molecule has 3 rings (SSSR count). The number of aliphatic hydroxyl groups excluding tert-OH is 2. The predicted molar refractivity (Wildman–Crippen MR) is 104 cm³/mol. The molecular weight excluding hydrogens is 376 g/mol. The van der Waals surface area contributed by atoms with Crippen LogP contribution in [0.2, 0.25) is 0 Å². The molecule has 1 saturated heterocycles. The van der Waals surface area contributed by atoms with Gasteiger partial charge < -0.3 is 29.2 Å². The van der Waals surface area contributed by atoms with Crippen LogP contribution < -0.4 is 0 Å². The number of hydrogen-bond donors (Lipinski definition) is 2. The van der Waals surface area contributed by atoms with Gasteiger partial charge in [-0.1, -0.05) is 60.7 Å². The fourth-order valence-corrected chi connectivity index (χ4v) is 3.28. The SMILES string of the molecule is CC(=O)O[C@@H]1[C@@H](OCc2ccccc2)[C@H](OCc2ccccc2)[C@@H](CO)O[C@@H]1O. The summed E-state index contributed by atoms with van der Waals surface area (Å²) in [5.74, 6) is -0.574. The van der Waals surface area contributed by atoms with Gasteiger partial charge in [0.2, 0.25) is 0 Å². The van der Waals surface area contributed by atoms with Crippen molar-refractivity contribution in [3.05, 3.63) is 71.8 Å². The van der Waals surface area contributed by atoms with Gasteiger partial charge in [0.1, 0.15) is 18.3 Å². The van der Waals surface area contributed by atoms with Crippen molar-refractivity contribution in [1.82, 2.24) is 0 Å². The molecule has 0 bridgehead atoms. The van der Waals surface area contributed by atoms with Crippen LogP contribution in [0.25, 0.3) is 0 Å². The van der Waals surface area contributed by atoms with E-state index in [0.29, 0.717) is 0 Å². The van der Waals surface area contributed by atoms with Gasteiger partial charge >= 0.3 is 5.97 Å². The average molecular weight is 402 g/mol. The van der Waals surface area contributed by atoms with E-state index in [2.05, 4.69) is 0 Å². The number of benzene rings is 2. The van der Waals surface area contributed by atoms with E-state index in [1.54, 1.807) is 0 Å². The minimum atomic E-state index is -1.44. The van der Waals surface area contributed by atoms with Gasteiger partial charge in [-0.15, -0.1) is 0 Å². The normalized spacial score (nSPS) is 26.8. The Hall–Kier alpha value is -2.29. The minimum Gasteiger partial charge on any atom is -0.454 e. The summed E-state index contributed by atoms with van der Waals surface area (Å²) in [6.45, 7) is 1.34. The maximum atomic E-state index is 11.6. The van der Waals surface area contributed by atoms with Crippen LogP contribution in [-0.2, 0) is 37.0 Å². The number of carbonyl (C=O) groups excluding carboxylic acids is 1. The van der Waals surface area contributed by atoms with E-state index in [9.17, 15) is 15.0 Å². The molecule has 0 radical (unpaired) electrons. The monoisotopic (exact) mass is 402 g/mol. The maximum Gasteiger partial charge on any atom is 0.303 e. The Labute approximate surface area is 169 Å². The molecule has 2 aromatic carbocycles. The zero-order chi connectivity index (χ0) is 20.6. The summed E-state index contributed by atoms with van der Waals surface area (Å²) >= 11 is 0. The van der Waals surface area contributed by atoms with Crippen molar-refractivity contribution in [2.75, 3.05) is 6.61 Å². The lowest BCUT2D eigenvalue weighted by atomic mass is 9.98. The van der Waals surface area contributed by atoms with Crippen LogP contribution in [0.4, 0.5) is 0 Å².